The molecule has 1 aromatic carbocycles. The third-order valence-electron chi connectivity index (χ3n) is 2.36. The number of rotatable bonds is 5. The smallest absolute Gasteiger partial charge is 0.0820 e. The number of aliphatic hydroxyl groups excluding tert-OH is 1. The van der Waals surface area contributed by atoms with Gasteiger partial charge >= 0.3 is 0 Å². The van der Waals surface area contributed by atoms with Crippen molar-refractivity contribution in [2.24, 2.45) is 5.73 Å². The van der Waals surface area contributed by atoms with Crippen molar-refractivity contribution < 1.29 is 5.11 Å². The number of benzene rings is 1. The quantitative estimate of drug-likeness (QED) is 0.856. The second-order valence-electron chi connectivity index (χ2n) is 4.18. The number of nitrogens with zero attached hydrogens (tertiary/aromatic N) is 1. The molecule has 0 bridgehead atoms. The van der Waals surface area contributed by atoms with Crippen LogP contribution < -0.4 is 5.73 Å². The molecule has 1 aromatic rings. The lowest BCUT2D eigenvalue weighted by atomic mass is 10.0. The molecular formula is C12H22Cl2N2O. The number of halogens is 2. The largest absolute Gasteiger partial charge is 0.390 e. The second kappa shape index (κ2) is 9.68. The summed E-state index contributed by atoms with van der Waals surface area (Å²) in [6.07, 6.45) is 0.246. The molecule has 0 aliphatic rings. The summed E-state index contributed by atoms with van der Waals surface area (Å²) >= 11 is 0. The average molecular weight is 281 g/mol. The highest BCUT2D eigenvalue weighted by molar-refractivity contribution is 5.85. The lowest BCUT2D eigenvalue weighted by molar-refractivity contribution is 0.111. The van der Waals surface area contributed by atoms with Crippen LogP contribution in [0.3, 0.4) is 0 Å². The van der Waals surface area contributed by atoms with E-state index in [9.17, 15) is 5.11 Å². The first-order valence-corrected chi connectivity index (χ1v) is 5.22. The fourth-order valence-electron chi connectivity index (χ4n) is 1.53. The van der Waals surface area contributed by atoms with Crippen molar-refractivity contribution in [2.75, 3.05) is 20.6 Å². The Morgan fingerprint density at radius 3 is 2.18 bits per heavy atom. The van der Waals surface area contributed by atoms with Gasteiger partial charge in [-0.05, 0) is 26.1 Å². The Morgan fingerprint density at radius 1 is 1.18 bits per heavy atom. The molecule has 3 N–H and O–H groups in total. The molecule has 0 unspecified atom stereocenters. The number of aliphatic hydroxyl groups is 1. The normalized spacial score (nSPS) is 13.5. The van der Waals surface area contributed by atoms with Crippen LogP contribution in [-0.4, -0.2) is 42.8 Å². The highest BCUT2D eigenvalue weighted by Gasteiger charge is 2.15. The zero-order valence-corrected chi connectivity index (χ0v) is 11.9. The van der Waals surface area contributed by atoms with Gasteiger partial charge in [0.25, 0.3) is 0 Å². The molecule has 0 spiro atoms. The van der Waals surface area contributed by atoms with Gasteiger partial charge in [0.1, 0.15) is 0 Å². The summed E-state index contributed by atoms with van der Waals surface area (Å²) in [5.74, 6) is 0. The standard InChI is InChI=1S/C12H20N2O.2ClH/c1-14(2)9-12(15)11(13)8-10-6-4-3-5-7-10;;/h3-7,11-12,15H,8-9,13H2,1-2H3;2*1H/t11-,12+;;/m1../s1. The Bertz CT molecular complexity index is 283. The number of hydrogen-bond donors (Lipinski definition) is 2. The van der Waals surface area contributed by atoms with E-state index in [1.54, 1.807) is 0 Å². The minimum atomic E-state index is -0.472. The van der Waals surface area contributed by atoms with Crippen LogP contribution in [0.4, 0.5) is 0 Å². The zero-order chi connectivity index (χ0) is 11.3. The van der Waals surface area contributed by atoms with Gasteiger partial charge < -0.3 is 15.7 Å². The molecule has 3 nitrogen and oxygen atoms in total. The summed E-state index contributed by atoms with van der Waals surface area (Å²) in [4.78, 5) is 1.94. The van der Waals surface area contributed by atoms with Crippen LogP contribution in [0.1, 0.15) is 5.56 Å². The van der Waals surface area contributed by atoms with Crippen molar-refractivity contribution in [1.82, 2.24) is 4.90 Å². The second-order valence-corrected chi connectivity index (χ2v) is 4.18. The molecule has 17 heavy (non-hydrogen) atoms. The third kappa shape index (κ3) is 7.58. The van der Waals surface area contributed by atoms with Crippen molar-refractivity contribution in [3.8, 4) is 0 Å². The molecule has 0 heterocycles. The average Bonchev–Trinajstić information content (AvgIpc) is 2.18. The molecule has 0 saturated heterocycles. The summed E-state index contributed by atoms with van der Waals surface area (Å²) < 4.78 is 0. The first kappa shape index (κ1) is 19.0. The van der Waals surface area contributed by atoms with Gasteiger partial charge in [-0.15, -0.1) is 24.8 Å². The van der Waals surface area contributed by atoms with E-state index in [-0.39, 0.29) is 30.9 Å². The minimum absolute atomic E-state index is 0. The van der Waals surface area contributed by atoms with E-state index >= 15 is 0 Å². The molecule has 0 aliphatic carbocycles. The molecule has 0 saturated carbocycles. The summed E-state index contributed by atoms with van der Waals surface area (Å²) in [5.41, 5.74) is 7.09. The van der Waals surface area contributed by atoms with Crippen LogP contribution in [0.5, 0.6) is 0 Å². The van der Waals surface area contributed by atoms with E-state index < -0.39 is 6.10 Å². The molecule has 2 atom stereocenters. The van der Waals surface area contributed by atoms with Crippen LogP contribution in [0.15, 0.2) is 30.3 Å². The molecule has 5 heteroatoms. The Kier molecular flexibility index (Phi) is 10.8. The van der Waals surface area contributed by atoms with E-state index in [0.717, 1.165) is 6.42 Å². The zero-order valence-electron chi connectivity index (χ0n) is 10.2. The third-order valence-corrected chi connectivity index (χ3v) is 2.36. The Labute approximate surface area is 116 Å². The Hall–Kier alpha value is -0.320. The first-order chi connectivity index (χ1) is 7.09. The molecule has 0 aromatic heterocycles. The van der Waals surface area contributed by atoms with E-state index in [4.69, 9.17) is 5.73 Å². The number of nitrogens with two attached hydrogens (primary N) is 1. The molecular weight excluding hydrogens is 259 g/mol. The van der Waals surface area contributed by atoms with E-state index in [1.165, 1.54) is 5.56 Å². The van der Waals surface area contributed by atoms with Gasteiger partial charge in [0.2, 0.25) is 0 Å². The lowest BCUT2D eigenvalue weighted by Crippen LogP contribution is -2.42. The van der Waals surface area contributed by atoms with Crippen molar-refractivity contribution in [3.05, 3.63) is 35.9 Å². The first-order valence-electron chi connectivity index (χ1n) is 5.22. The van der Waals surface area contributed by atoms with E-state index in [0.29, 0.717) is 6.54 Å². The molecule has 100 valence electrons. The van der Waals surface area contributed by atoms with Gasteiger partial charge in [-0.1, -0.05) is 30.3 Å². The fraction of sp³-hybridized carbons (Fsp3) is 0.500. The highest BCUT2D eigenvalue weighted by atomic mass is 35.5. The van der Waals surface area contributed by atoms with E-state index in [2.05, 4.69) is 0 Å². The molecule has 0 radical (unpaired) electrons. The van der Waals surface area contributed by atoms with Crippen molar-refractivity contribution in [1.29, 1.82) is 0 Å². The fourth-order valence-corrected chi connectivity index (χ4v) is 1.53. The molecule has 1 rings (SSSR count). The van der Waals surface area contributed by atoms with Crippen molar-refractivity contribution >= 4 is 24.8 Å². The van der Waals surface area contributed by atoms with Gasteiger partial charge in [0, 0.05) is 12.6 Å². The molecule has 0 aliphatic heterocycles. The Balaban J connectivity index is 0. The van der Waals surface area contributed by atoms with Crippen LogP contribution >= 0.6 is 24.8 Å². The summed E-state index contributed by atoms with van der Waals surface area (Å²) in [7, 11) is 3.86. The van der Waals surface area contributed by atoms with Gasteiger partial charge in [0.05, 0.1) is 6.10 Å². The summed E-state index contributed by atoms with van der Waals surface area (Å²) in [6, 6.07) is 9.81. The van der Waals surface area contributed by atoms with Crippen molar-refractivity contribution in [2.45, 2.75) is 18.6 Å². The maximum absolute atomic E-state index is 9.78. The lowest BCUT2D eigenvalue weighted by Gasteiger charge is -2.22. The monoisotopic (exact) mass is 280 g/mol. The van der Waals surface area contributed by atoms with Gasteiger partial charge in [-0.2, -0.15) is 0 Å². The van der Waals surface area contributed by atoms with Crippen LogP contribution in [0.25, 0.3) is 0 Å². The predicted octanol–water partition coefficient (Wildman–Crippen LogP) is 1.32. The van der Waals surface area contributed by atoms with Crippen LogP contribution in [0.2, 0.25) is 0 Å². The predicted molar refractivity (Wildman–Crippen MR) is 77.2 cm³/mol. The number of likely N-dealkylation sites (N-methyl/N-ethyl adjacent to an activating group) is 1. The maximum atomic E-state index is 9.78. The minimum Gasteiger partial charge on any atom is -0.390 e. The van der Waals surface area contributed by atoms with E-state index in [1.807, 2.05) is 49.3 Å². The summed E-state index contributed by atoms with van der Waals surface area (Å²) in [5, 5.41) is 9.78. The summed E-state index contributed by atoms with van der Waals surface area (Å²) in [6.45, 7) is 0.605. The molecule has 0 fully saturated rings. The molecule has 0 amide bonds. The van der Waals surface area contributed by atoms with Crippen molar-refractivity contribution in [3.63, 3.8) is 0 Å². The SMILES string of the molecule is CN(C)C[C@H](O)[C@H](N)Cc1ccccc1.Cl.Cl. The van der Waals surface area contributed by atoms with Crippen LogP contribution in [0, 0.1) is 0 Å². The van der Waals surface area contributed by atoms with Gasteiger partial charge in [0.15, 0.2) is 0 Å². The number of hydrogen-bond acceptors (Lipinski definition) is 3. The topological polar surface area (TPSA) is 49.5 Å². The highest BCUT2D eigenvalue weighted by Crippen LogP contribution is 2.04. The Morgan fingerprint density at radius 2 is 1.71 bits per heavy atom. The van der Waals surface area contributed by atoms with Gasteiger partial charge in [-0.25, -0.2) is 0 Å². The van der Waals surface area contributed by atoms with Gasteiger partial charge in [-0.3, -0.25) is 0 Å². The maximum Gasteiger partial charge on any atom is 0.0820 e. The van der Waals surface area contributed by atoms with Crippen LogP contribution in [-0.2, 0) is 6.42 Å².